The Hall–Kier alpha value is -2.20. The van der Waals surface area contributed by atoms with Crippen molar-refractivity contribution < 1.29 is 9.59 Å². The van der Waals surface area contributed by atoms with Gasteiger partial charge in [-0.05, 0) is 60.9 Å². The SMILES string of the molecule is CCCCc1ccc(NC(=O)/C=C/C(=O)c2ccc(Br)cc2)cc1. The molecule has 0 fully saturated rings. The molecule has 3 nitrogen and oxygen atoms in total. The summed E-state index contributed by atoms with van der Waals surface area (Å²) in [6, 6.07) is 14.8. The topological polar surface area (TPSA) is 46.2 Å². The normalized spacial score (nSPS) is 10.8. The predicted octanol–water partition coefficient (Wildman–Crippen LogP) is 5.17. The Labute approximate surface area is 150 Å². The molecule has 2 aromatic carbocycles. The van der Waals surface area contributed by atoms with E-state index >= 15 is 0 Å². The molecule has 0 spiro atoms. The van der Waals surface area contributed by atoms with Gasteiger partial charge in [0, 0.05) is 21.8 Å². The number of hydrogen-bond donors (Lipinski definition) is 1. The van der Waals surface area contributed by atoms with Gasteiger partial charge in [0.15, 0.2) is 5.78 Å². The Morgan fingerprint density at radius 3 is 2.29 bits per heavy atom. The highest BCUT2D eigenvalue weighted by Crippen LogP contribution is 2.13. The predicted molar refractivity (Wildman–Crippen MR) is 101 cm³/mol. The van der Waals surface area contributed by atoms with Crippen LogP contribution in [0.1, 0.15) is 35.7 Å². The summed E-state index contributed by atoms with van der Waals surface area (Å²) in [5, 5.41) is 2.76. The number of anilines is 1. The average molecular weight is 386 g/mol. The number of hydrogen-bond acceptors (Lipinski definition) is 2. The van der Waals surface area contributed by atoms with Crippen molar-refractivity contribution in [2.45, 2.75) is 26.2 Å². The van der Waals surface area contributed by atoms with E-state index in [1.807, 2.05) is 24.3 Å². The summed E-state index contributed by atoms with van der Waals surface area (Å²) < 4.78 is 0.906. The van der Waals surface area contributed by atoms with Crippen molar-refractivity contribution in [2.75, 3.05) is 5.32 Å². The quantitative estimate of drug-likeness (QED) is 0.527. The summed E-state index contributed by atoms with van der Waals surface area (Å²) in [5.74, 6) is -0.519. The summed E-state index contributed by atoms with van der Waals surface area (Å²) in [5.41, 5.74) is 2.53. The third-order valence-electron chi connectivity index (χ3n) is 3.56. The maximum Gasteiger partial charge on any atom is 0.248 e. The summed E-state index contributed by atoms with van der Waals surface area (Å²) >= 11 is 3.32. The maximum absolute atomic E-state index is 12.0. The molecule has 0 bridgehead atoms. The smallest absolute Gasteiger partial charge is 0.248 e. The van der Waals surface area contributed by atoms with Crippen molar-refractivity contribution in [1.29, 1.82) is 0 Å². The summed E-state index contributed by atoms with van der Waals surface area (Å²) in [7, 11) is 0. The van der Waals surface area contributed by atoms with E-state index in [9.17, 15) is 9.59 Å². The first-order chi connectivity index (χ1) is 11.6. The maximum atomic E-state index is 12.0. The van der Waals surface area contributed by atoms with Crippen molar-refractivity contribution in [3.8, 4) is 0 Å². The summed E-state index contributed by atoms with van der Waals surface area (Å²) in [4.78, 5) is 23.9. The monoisotopic (exact) mass is 385 g/mol. The van der Waals surface area contributed by atoms with E-state index in [0.717, 1.165) is 29.4 Å². The Balaban J connectivity index is 1.90. The largest absolute Gasteiger partial charge is 0.323 e. The second kappa shape index (κ2) is 9.18. The number of halogens is 1. The van der Waals surface area contributed by atoms with Gasteiger partial charge in [-0.2, -0.15) is 0 Å². The average Bonchev–Trinajstić information content (AvgIpc) is 2.59. The molecule has 2 aromatic rings. The number of carbonyl (C=O) groups excluding carboxylic acids is 2. The highest BCUT2D eigenvalue weighted by atomic mass is 79.9. The van der Waals surface area contributed by atoms with Crippen LogP contribution in [0.25, 0.3) is 0 Å². The minimum absolute atomic E-state index is 0.201. The van der Waals surface area contributed by atoms with Gasteiger partial charge in [0.05, 0.1) is 0 Å². The lowest BCUT2D eigenvalue weighted by molar-refractivity contribution is -0.111. The molecule has 2 rings (SSSR count). The molecule has 4 heteroatoms. The van der Waals surface area contributed by atoms with E-state index in [1.54, 1.807) is 24.3 Å². The van der Waals surface area contributed by atoms with Crippen molar-refractivity contribution in [3.05, 3.63) is 76.3 Å². The highest BCUT2D eigenvalue weighted by Gasteiger charge is 2.03. The lowest BCUT2D eigenvalue weighted by Crippen LogP contribution is -2.08. The zero-order valence-electron chi connectivity index (χ0n) is 13.6. The Morgan fingerprint density at radius 2 is 1.67 bits per heavy atom. The number of ketones is 1. The van der Waals surface area contributed by atoms with Crippen LogP contribution in [-0.2, 0) is 11.2 Å². The van der Waals surface area contributed by atoms with Crippen LogP contribution >= 0.6 is 15.9 Å². The molecule has 0 unspecified atom stereocenters. The molecule has 0 aromatic heterocycles. The van der Waals surface area contributed by atoms with Crippen molar-refractivity contribution >= 4 is 33.3 Å². The molecule has 0 aliphatic carbocycles. The van der Waals surface area contributed by atoms with Crippen LogP contribution in [0, 0.1) is 0 Å². The first-order valence-corrected chi connectivity index (χ1v) is 8.75. The first-order valence-electron chi connectivity index (χ1n) is 7.96. The fourth-order valence-corrected chi connectivity index (χ4v) is 2.45. The van der Waals surface area contributed by atoms with Gasteiger partial charge >= 0.3 is 0 Å². The second-order valence-corrected chi connectivity index (χ2v) is 6.41. The number of carbonyl (C=O) groups is 2. The van der Waals surface area contributed by atoms with Crippen LogP contribution < -0.4 is 5.32 Å². The van der Waals surface area contributed by atoms with Crippen LogP contribution in [0.15, 0.2) is 65.2 Å². The number of rotatable bonds is 7. The molecule has 0 aliphatic heterocycles. The lowest BCUT2D eigenvalue weighted by atomic mass is 10.1. The number of benzene rings is 2. The standard InChI is InChI=1S/C20H20BrNO2/c1-2-3-4-15-5-11-18(12-6-15)22-20(24)14-13-19(23)16-7-9-17(21)10-8-16/h5-14H,2-4H2,1H3,(H,22,24)/b14-13+. The molecule has 24 heavy (non-hydrogen) atoms. The van der Waals surface area contributed by atoms with Crippen LogP contribution in [0.5, 0.6) is 0 Å². The minimum atomic E-state index is -0.318. The number of unbranched alkanes of at least 4 members (excludes halogenated alkanes) is 1. The van der Waals surface area contributed by atoms with Gasteiger partial charge in [0.25, 0.3) is 0 Å². The Morgan fingerprint density at radius 1 is 1.00 bits per heavy atom. The van der Waals surface area contributed by atoms with Gasteiger partial charge in [0.1, 0.15) is 0 Å². The second-order valence-electron chi connectivity index (χ2n) is 5.49. The fourth-order valence-electron chi connectivity index (χ4n) is 2.18. The van der Waals surface area contributed by atoms with Crippen LogP contribution in [-0.4, -0.2) is 11.7 Å². The van der Waals surface area contributed by atoms with E-state index in [4.69, 9.17) is 0 Å². The molecular formula is C20H20BrNO2. The fraction of sp³-hybridized carbons (Fsp3) is 0.200. The number of nitrogens with one attached hydrogen (secondary N) is 1. The number of amides is 1. The first kappa shape index (κ1) is 18.1. The van der Waals surface area contributed by atoms with Gasteiger partial charge in [-0.1, -0.05) is 41.4 Å². The van der Waals surface area contributed by atoms with Gasteiger partial charge in [-0.3, -0.25) is 9.59 Å². The summed E-state index contributed by atoms with van der Waals surface area (Å²) in [6.45, 7) is 2.16. The molecule has 0 heterocycles. The van der Waals surface area contributed by atoms with Gasteiger partial charge in [0.2, 0.25) is 5.91 Å². The van der Waals surface area contributed by atoms with E-state index in [1.165, 1.54) is 17.7 Å². The van der Waals surface area contributed by atoms with Crippen LogP contribution in [0.4, 0.5) is 5.69 Å². The highest BCUT2D eigenvalue weighted by molar-refractivity contribution is 9.10. The Kier molecular flexibility index (Phi) is 6.94. The van der Waals surface area contributed by atoms with Crippen LogP contribution in [0.2, 0.25) is 0 Å². The third kappa shape index (κ3) is 5.78. The zero-order valence-corrected chi connectivity index (χ0v) is 15.2. The van der Waals surface area contributed by atoms with Crippen molar-refractivity contribution in [3.63, 3.8) is 0 Å². The molecule has 0 atom stereocenters. The molecule has 0 saturated heterocycles. The third-order valence-corrected chi connectivity index (χ3v) is 4.08. The van der Waals surface area contributed by atoms with E-state index < -0.39 is 0 Å². The van der Waals surface area contributed by atoms with Crippen molar-refractivity contribution in [1.82, 2.24) is 0 Å². The molecule has 0 aliphatic rings. The minimum Gasteiger partial charge on any atom is -0.323 e. The molecule has 124 valence electrons. The lowest BCUT2D eigenvalue weighted by Gasteiger charge is -2.04. The molecular weight excluding hydrogens is 366 g/mol. The summed E-state index contributed by atoms with van der Waals surface area (Å²) in [6.07, 6.45) is 5.91. The van der Waals surface area contributed by atoms with E-state index in [0.29, 0.717) is 5.56 Å². The van der Waals surface area contributed by atoms with Gasteiger partial charge in [-0.15, -0.1) is 0 Å². The molecule has 1 amide bonds. The van der Waals surface area contributed by atoms with E-state index in [2.05, 4.69) is 28.2 Å². The Bertz CT molecular complexity index is 718. The van der Waals surface area contributed by atoms with Gasteiger partial charge < -0.3 is 5.32 Å². The number of allylic oxidation sites excluding steroid dienone is 1. The number of aryl methyl sites for hydroxylation is 1. The zero-order chi connectivity index (χ0) is 17.4. The molecule has 1 N–H and O–H groups in total. The van der Waals surface area contributed by atoms with E-state index in [-0.39, 0.29) is 11.7 Å². The molecule has 0 saturated carbocycles. The van der Waals surface area contributed by atoms with Crippen LogP contribution in [0.3, 0.4) is 0 Å². The van der Waals surface area contributed by atoms with Gasteiger partial charge in [-0.25, -0.2) is 0 Å². The van der Waals surface area contributed by atoms with Crippen molar-refractivity contribution in [2.24, 2.45) is 0 Å². The molecule has 0 radical (unpaired) electrons.